The van der Waals surface area contributed by atoms with E-state index in [4.69, 9.17) is 23.9 Å². The number of nitrogens with zero attached hydrogens (tertiary/aromatic N) is 1. The second-order valence-corrected chi connectivity index (χ2v) is 9.00. The quantitative estimate of drug-likeness (QED) is 0.452. The first-order chi connectivity index (χ1) is 17.4. The number of ether oxygens (including phenoxy) is 4. The van der Waals surface area contributed by atoms with Crippen LogP contribution in [0.5, 0.6) is 17.2 Å². The minimum absolute atomic E-state index is 0.123. The molecule has 36 heavy (non-hydrogen) atoms. The van der Waals surface area contributed by atoms with E-state index in [-0.39, 0.29) is 18.6 Å². The van der Waals surface area contributed by atoms with Crippen molar-refractivity contribution < 1.29 is 28.5 Å². The van der Waals surface area contributed by atoms with Crippen molar-refractivity contribution in [3.05, 3.63) is 48.0 Å². The van der Waals surface area contributed by atoms with Crippen LogP contribution >= 0.6 is 0 Å². The average molecular weight is 493 g/mol. The highest BCUT2D eigenvalue weighted by atomic mass is 16.5. The number of fused-ring (bicyclic) bond motifs is 1. The molecular weight excluding hydrogens is 460 g/mol. The zero-order valence-corrected chi connectivity index (χ0v) is 21.1. The molecule has 0 saturated heterocycles. The van der Waals surface area contributed by atoms with Gasteiger partial charge in [0.1, 0.15) is 0 Å². The second-order valence-electron chi connectivity index (χ2n) is 9.00. The molecule has 8 heteroatoms. The van der Waals surface area contributed by atoms with Crippen LogP contribution in [-0.4, -0.2) is 50.8 Å². The van der Waals surface area contributed by atoms with E-state index in [0.717, 1.165) is 19.3 Å². The number of aromatic nitrogens is 1. The Kier molecular flexibility index (Phi) is 7.93. The molecule has 1 N–H and O–H groups in total. The van der Waals surface area contributed by atoms with Crippen LogP contribution in [0.15, 0.2) is 42.5 Å². The number of benzene rings is 2. The lowest BCUT2D eigenvalue weighted by Gasteiger charge is -2.29. The topological polar surface area (TPSA) is 96.0 Å². The molecule has 1 aromatic heterocycles. The molecule has 1 fully saturated rings. The molecule has 2 aromatic carbocycles. The second kappa shape index (κ2) is 11.3. The average Bonchev–Trinajstić information content (AvgIpc) is 2.91. The lowest BCUT2D eigenvalue weighted by molar-refractivity contribution is -0.125. The molecule has 0 spiro atoms. The van der Waals surface area contributed by atoms with E-state index < -0.39 is 5.97 Å². The summed E-state index contributed by atoms with van der Waals surface area (Å²) < 4.78 is 21.8. The van der Waals surface area contributed by atoms with Gasteiger partial charge in [-0.25, -0.2) is 9.78 Å². The molecule has 0 aliphatic heterocycles. The van der Waals surface area contributed by atoms with E-state index in [1.807, 2.05) is 24.3 Å². The van der Waals surface area contributed by atoms with Crippen LogP contribution in [0.2, 0.25) is 0 Å². The van der Waals surface area contributed by atoms with Crippen molar-refractivity contribution in [3.8, 4) is 28.5 Å². The number of pyridine rings is 1. The number of para-hydroxylation sites is 1. The molecule has 0 radical (unpaired) electrons. The maximum absolute atomic E-state index is 13.2. The number of hydrogen-bond acceptors (Lipinski definition) is 7. The van der Waals surface area contributed by atoms with E-state index in [0.29, 0.717) is 50.9 Å². The third kappa shape index (κ3) is 5.37. The molecule has 190 valence electrons. The predicted molar refractivity (Wildman–Crippen MR) is 137 cm³/mol. The Morgan fingerprint density at radius 1 is 0.972 bits per heavy atom. The van der Waals surface area contributed by atoms with Crippen LogP contribution in [0.4, 0.5) is 0 Å². The molecule has 2 unspecified atom stereocenters. The molecule has 1 heterocycles. The Balaban J connectivity index is 1.61. The van der Waals surface area contributed by atoms with Crippen LogP contribution < -0.4 is 19.5 Å². The fourth-order valence-electron chi connectivity index (χ4n) is 4.71. The number of carbonyl (C=O) groups is 2. The molecule has 8 nitrogen and oxygen atoms in total. The summed E-state index contributed by atoms with van der Waals surface area (Å²) in [5, 5.41) is 3.66. The number of amides is 1. The van der Waals surface area contributed by atoms with Gasteiger partial charge in [-0.15, -0.1) is 0 Å². The van der Waals surface area contributed by atoms with Gasteiger partial charge in [0.2, 0.25) is 5.75 Å². The smallest absolute Gasteiger partial charge is 0.339 e. The maximum atomic E-state index is 13.2. The molecule has 1 aliphatic carbocycles. The summed E-state index contributed by atoms with van der Waals surface area (Å²) in [5.41, 5.74) is 2.15. The van der Waals surface area contributed by atoms with Crippen LogP contribution in [0.25, 0.3) is 22.2 Å². The summed E-state index contributed by atoms with van der Waals surface area (Å²) in [7, 11) is 4.61. The molecule has 3 aromatic rings. The minimum atomic E-state index is -0.589. The summed E-state index contributed by atoms with van der Waals surface area (Å²) >= 11 is 0. The number of carbonyl (C=O) groups excluding carboxylic acids is 2. The van der Waals surface area contributed by atoms with Crippen molar-refractivity contribution in [2.24, 2.45) is 5.92 Å². The van der Waals surface area contributed by atoms with Gasteiger partial charge >= 0.3 is 5.97 Å². The SMILES string of the molecule is COc1cc(-c2cc(C(=O)OCC(=O)NC3CCCCC3C)c3ccccc3n2)cc(OC)c1OC. The van der Waals surface area contributed by atoms with Gasteiger partial charge in [0, 0.05) is 17.0 Å². The van der Waals surface area contributed by atoms with Crippen molar-refractivity contribution in [3.63, 3.8) is 0 Å². The van der Waals surface area contributed by atoms with E-state index in [9.17, 15) is 9.59 Å². The van der Waals surface area contributed by atoms with Crippen molar-refractivity contribution >= 4 is 22.8 Å². The number of esters is 1. The third-order valence-corrected chi connectivity index (χ3v) is 6.69. The highest BCUT2D eigenvalue weighted by Crippen LogP contribution is 2.41. The van der Waals surface area contributed by atoms with Crippen LogP contribution in [0, 0.1) is 5.92 Å². The number of nitrogens with one attached hydrogen (secondary N) is 1. The molecular formula is C28H32N2O6. The molecule has 4 rings (SSSR count). The van der Waals surface area contributed by atoms with Gasteiger partial charge in [-0.3, -0.25) is 4.79 Å². The summed E-state index contributed by atoms with van der Waals surface area (Å²) in [6.45, 7) is 1.81. The Morgan fingerprint density at radius 3 is 2.33 bits per heavy atom. The van der Waals surface area contributed by atoms with Gasteiger partial charge in [0.15, 0.2) is 18.1 Å². The first kappa shape index (κ1) is 25.3. The van der Waals surface area contributed by atoms with Crippen molar-refractivity contribution in [2.45, 2.75) is 38.6 Å². The Bertz CT molecular complexity index is 1230. The van der Waals surface area contributed by atoms with Gasteiger partial charge in [0.05, 0.1) is 38.1 Å². The van der Waals surface area contributed by atoms with Gasteiger partial charge in [-0.05, 0) is 43.0 Å². The maximum Gasteiger partial charge on any atom is 0.339 e. The fraction of sp³-hybridized carbons (Fsp3) is 0.393. The first-order valence-corrected chi connectivity index (χ1v) is 12.1. The Hall–Kier alpha value is -3.81. The van der Waals surface area contributed by atoms with E-state index in [2.05, 4.69) is 12.2 Å². The van der Waals surface area contributed by atoms with E-state index in [1.165, 1.54) is 27.8 Å². The lowest BCUT2D eigenvalue weighted by atomic mass is 9.86. The molecule has 1 saturated carbocycles. The lowest BCUT2D eigenvalue weighted by Crippen LogP contribution is -2.42. The number of hydrogen-bond donors (Lipinski definition) is 1. The summed E-state index contributed by atoms with van der Waals surface area (Å²) in [6, 6.07) is 12.6. The standard InChI is InChI=1S/C28H32N2O6/c1-17-9-5-7-11-21(17)30-26(31)16-36-28(32)20-15-23(29-22-12-8-6-10-19(20)22)18-13-24(33-2)27(35-4)25(14-18)34-3/h6,8,10,12-15,17,21H,5,7,9,11,16H2,1-4H3,(H,30,31). The summed E-state index contributed by atoms with van der Waals surface area (Å²) in [4.78, 5) is 30.4. The zero-order chi connectivity index (χ0) is 25.7. The van der Waals surface area contributed by atoms with Crippen molar-refractivity contribution in [1.29, 1.82) is 0 Å². The van der Waals surface area contributed by atoms with Crippen LogP contribution in [-0.2, 0) is 9.53 Å². The molecule has 0 bridgehead atoms. The largest absolute Gasteiger partial charge is 0.493 e. The normalized spacial score (nSPS) is 17.3. The highest BCUT2D eigenvalue weighted by Gasteiger charge is 2.24. The number of rotatable bonds is 8. The summed E-state index contributed by atoms with van der Waals surface area (Å²) in [6.07, 6.45) is 4.33. The van der Waals surface area contributed by atoms with Gasteiger partial charge in [-0.2, -0.15) is 0 Å². The monoisotopic (exact) mass is 492 g/mol. The third-order valence-electron chi connectivity index (χ3n) is 6.69. The minimum Gasteiger partial charge on any atom is -0.493 e. The Labute approximate surface area is 210 Å². The molecule has 1 amide bonds. The van der Waals surface area contributed by atoms with Crippen LogP contribution in [0.1, 0.15) is 43.0 Å². The van der Waals surface area contributed by atoms with Gasteiger partial charge in [0.25, 0.3) is 5.91 Å². The zero-order valence-electron chi connectivity index (χ0n) is 21.1. The first-order valence-electron chi connectivity index (χ1n) is 12.1. The fourth-order valence-corrected chi connectivity index (χ4v) is 4.71. The molecule has 2 atom stereocenters. The molecule has 1 aliphatic rings. The van der Waals surface area contributed by atoms with Crippen molar-refractivity contribution in [1.82, 2.24) is 10.3 Å². The van der Waals surface area contributed by atoms with Gasteiger partial charge in [-0.1, -0.05) is 38.0 Å². The van der Waals surface area contributed by atoms with Crippen LogP contribution in [0.3, 0.4) is 0 Å². The predicted octanol–water partition coefficient (Wildman–Crippen LogP) is 4.78. The Morgan fingerprint density at radius 2 is 1.67 bits per heavy atom. The summed E-state index contributed by atoms with van der Waals surface area (Å²) in [5.74, 6) is 0.949. The van der Waals surface area contributed by atoms with E-state index >= 15 is 0 Å². The number of methoxy groups -OCH3 is 3. The van der Waals surface area contributed by atoms with Crippen molar-refractivity contribution in [2.75, 3.05) is 27.9 Å². The van der Waals surface area contributed by atoms with Gasteiger partial charge < -0.3 is 24.3 Å². The highest BCUT2D eigenvalue weighted by molar-refractivity contribution is 6.05. The van der Waals surface area contributed by atoms with E-state index in [1.54, 1.807) is 18.2 Å².